The summed E-state index contributed by atoms with van der Waals surface area (Å²) in [4.78, 5) is 28.1. The molecule has 2 amide bonds. The molecule has 0 aromatic heterocycles. The van der Waals surface area contributed by atoms with Crippen LogP contribution in [0.5, 0.6) is 0 Å². The summed E-state index contributed by atoms with van der Waals surface area (Å²) in [6.07, 6.45) is 1.11. The summed E-state index contributed by atoms with van der Waals surface area (Å²) in [6, 6.07) is 5.94. The first-order valence-corrected chi connectivity index (χ1v) is 8.94. The largest absolute Gasteiger partial charge is 0.373 e. The van der Waals surface area contributed by atoms with Crippen molar-refractivity contribution in [2.75, 3.05) is 29.9 Å². The molecule has 1 aromatic rings. The predicted octanol–water partition coefficient (Wildman–Crippen LogP) is 2.03. The normalized spacial score (nSPS) is 26.4. The minimum absolute atomic E-state index is 0.0179. The molecular formula is C19H27N3O3. The van der Waals surface area contributed by atoms with Gasteiger partial charge in [-0.15, -0.1) is 0 Å². The molecule has 6 nitrogen and oxygen atoms in total. The van der Waals surface area contributed by atoms with Gasteiger partial charge >= 0.3 is 0 Å². The molecule has 3 rings (SSSR count). The zero-order valence-electron chi connectivity index (χ0n) is 15.4. The summed E-state index contributed by atoms with van der Waals surface area (Å²) in [5.74, 6) is 0.0364. The van der Waals surface area contributed by atoms with E-state index >= 15 is 0 Å². The van der Waals surface area contributed by atoms with Crippen molar-refractivity contribution in [3.63, 3.8) is 0 Å². The summed E-state index contributed by atoms with van der Waals surface area (Å²) in [5.41, 5.74) is 2.85. The van der Waals surface area contributed by atoms with Gasteiger partial charge in [-0.2, -0.15) is 0 Å². The van der Waals surface area contributed by atoms with Crippen molar-refractivity contribution in [2.24, 2.45) is 0 Å². The molecule has 1 fully saturated rings. The Labute approximate surface area is 149 Å². The third-order valence-corrected chi connectivity index (χ3v) is 4.78. The molecule has 0 bridgehead atoms. The Morgan fingerprint density at radius 2 is 1.88 bits per heavy atom. The van der Waals surface area contributed by atoms with Crippen molar-refractivity contribution >= 4 is 23.2 Å². The van der Waals surface area contributed by atoms with Gasteiger partial charge in [0.2, 0.25) is 11.8 Å². The number of anilines is 2. The zero-order valence-corrected chi connectivity index (χ0v) is 15.4. The molecule has 0 aliphatic carbocycles. The molecule has 2 heterocycles. The van der Waals surface area contributed by atoms with E-state index in [9.17, 15) is 9.59 Å². The van der Waals surface area contributed by atoms with E-state index in [0.29, 0.717) is 6.54 Å². The second-order valence-electron chi connectivity index (χ2n) is 7.29. The van der Waals surface area contributed by atoms with Crippen LogP contribution in [0, 0.1) is 0 Å². The first-order chi connectivity index (χ1) is 11.8. The number of nitrogens with zero attached hydrogens (tertiary/aromatic N) is 2. The Bertz CT molecular complexity index is 666. The van der Waals surface area contributed by atoms with Gasteiger partial charge in [-0.25, -0.2) is 0 Å². The van der Waals surface area contributed by atoms with Crippen molar-refractivity contribution in [1.29, 1.82) is 0 Å². The molecule has 2 aliphatic heterocycles. The number of hydrogen-bond acceptors (Lipinski definition) is 4. The number of amides is 2. The van der Waals surface area contributed by atoms with Crippen LogP contribution >= 0.6 is 0 Å². The van der Waals surface area contributed by atoms with Crippen LogP contribution in [0.15, 0.2) is 18.2 Å². The van der Waals surface area contributed by atoms with Crippen molar-refractivity contribution < 1.29 is 14.3 Å². The Morgan fingerprint density at radius 1 is 1.20 bits per heavy atom. The van der Waals surface area contributed by atoms with Crippen molar-refractivity contribution in [3.8, 4) is 0 Å². The Hall–Kier alpha value is -1.92. The maximum atomic E-state index is 12.4. The lowest BCUT2D eigenvalue weighted by atomic mass is 10.1. The fourth-order valence-electron chi connectivity index (χ4n) is 4.01. The van der Waals surface area contributed by atoms with E-state index in [1.807, 2.05) is 43.9 Å². The number of fused-ring (bicyclic) bond motifs is 1. The number of carbonyl (C=O) groups is 2. The van der Waals surface area contributed by atoms with Crippen molar-refractivity contribution in [2.45, 2.75) is 52.4 Å². The van der Waals surface area contributed by atoms with E-state index in [0.717, 1.165) is 36.4 Å². The average Bonchev–Trinajstić information content (AvgIpc) is 2.80. The van der Waals surface area contributed by atoms with Crippen LogP contribution in [0.2, 0.25) is 0 Å². The van der Waals surface area contributed by atoms with Crippen LogP contribution in [-0.2, 0) is 20.7 Å². The van der Waals surface area contributed by atoms with Crippen LogP contribution in [0.3, 0.4) is 0 Å². The lowest BCUT2D eigenvalue weighted by Gasteiger charge is -2.34. The second kappa shape index (κ2) is 7.14. The fourth-order valence-corrected chi connectivity index (χ4v) is 4.01. The van der Waals surface area contributed by atoms with Gasteiger partial charge in [-0.1, -0.05) is 0 Å². The van der Waals surface area contributed by atoms with Gasteiger partial charge in [-0.3, -0.25) is 14.5 Å². The van der Waals surface area contributed by atoms with Crippen LogP contribution < -0.4 is 10.2 Å². The Kier molecular flexibility index (Phi) is 5.11. The molecule has 0 spiro atoms. The van der Waals surface area contributed by atoms with E-state index in [4.69, 9.17) is 4.74 Å². The first-order valence-electron chi connectivity index (χ1n) is 8.94. The number of rotatable bonds is 3. The van der Waals surface area contributed by atoms with Gasteiger partial charge in [0.05, 0.1) is 18.8 Å². The van der Waals surface area contributed by atoms with E-state index in [1.165, 1.54) is 0 Å². The molecule has 3 atom stereocenters. The number of hydrogen-bond donors (Lipinski definition) is 1. The zero-order chi connectivity index (χ0) is 18.1. The number of benzene rings is 1. The third-order valence-electron chi connectivity index (χ3n) is 4.78. The Morgan fingerprint density at radius 3 is 2.52 bits per heavy atom. The Balaban J connectivity index is 1.63. The molecule has 6 heteroatoms. The molecule has 0 unspecified atom stereocenters. The van der Waals surface area contributed by atoms with E-state index in [2.05, 4.69) is 10.2 Å². The van der Waals surface area contributed by atoms with E-state index in [1.54, 1.807) is 6.92 Å². The quantitative estimate of drug-likeness (QED) is 0.911. The van der Waals surface area contributed by atoms with Crippen LogP contribution in [0.4, 0.5) is 11.4 Å². The summed E-state index contributed by atoms with van der Waals surface area (Å²) in [6.45, 7) is 9.60. The average molecular weight is 345 g/mol. The van der Waals surface area contributed by atoms with Crippen LogP contribution in [-0.4, -0.2) is 54.6 Å². The van der Waals surface area contributed by atoms with E-state index < -0.39 is 0 Å². The molecule has 1 saturated heterocycles. The fraction of sp³-hybridized carbons (Fsp3) is 0.579. The molecule has 0 radical (unpaired) electrons. The highest BCUT2D eigenvalue weighted by molar-refractivity contribution is 5.96. The number of ether oxygens (including phenoxy) is 1. The molecule has 0 saturated carbocycles. The van der Waals surface area contributed by atoms with E-state index in [-0.39, 0.29) is 30.1 Å². The molecule has 2 aliphatic rings. The third kappa shape index (κ3) is 4.02. The highest BCUT2D eigenvalue weighted by Gasteiger charge is 2.29. The minimum Gasteiger partial charge on any atom is -0.373 e. The maximum absolute atomic E-state index is 12.4. The predicted molar refractivity (Wildman–Crippen MR) is 97.8 cm³/mol. The lowest BCUT2D eigenvalue weighted by molar-refractivity contribution is -0.121. The number of nitrogens with one attached hydrogen (secondary N) is 1. The summed E-state index contributed by atoms with van der Waals surface area (Å²) in [7, 11) is 0. The topological polar surface area (TPSA) is 61.9 Å². The van der Waals surface area contributed by atoms with Gasteiger partial charge in [0.25, 0.3) is 0 Å². The second-order valence-corrected chi connectivity index (χ2v) is 7.29. The molecule has 1 aromatic carbocycles. The van der Waals surface area contributed by atoms with Gasteiger partial charge in [0.15, 0.2) is 0 Å². The minimum atomic E-state index is -0.0179. The van der Waals surface area contributed by atoms with Crippen molar-refractivity contribution in [1.82, 2.24) is 4.90 Å². The van der Waals surface area contributed by atoms with Gasteiger partial charge in [0, 0.05) is 37.4 Å². The molecule has 25 heavy (non-hydrogen) atoms. The lowest BCUT2D eigenvalue weighted by Crippen LogP contribution is -2.48. The standard InChI is InChI=1S/C19H27N3O3/c1-12-7-16-8-17(5-6-18(16)22(12)15(4)23)20-19(24)11-21-9-13(2)25-14(3)10-21/h5-6,8,12-14H,7,9-11H2,1-4H3,(H,20,24)/t12-,13-,14+/m0/s1. The summed E-state index contributed by atoms with van der Waals surface area (Å²) >= 11 is 0. The van der Waals surface area contributed by atoms with Gasteiger partial charge in [-0.05, 0) is 51.0 Å². The summed E-state index contributed by atoms with van der Waals surface area (Å²) in [5, 5.41) is 2.98. The monoisotopic (exact) mass is 345 g/mol. The SMILES string of the molecule is CC(=O)N1c2ccc(NC(=O)CN3C[C@@H](C)O[C@@H](C)C3)cc2C[C@@H]1C. The molecule has 1 N–H and O–H groups in total. The van der Waals surface area contributed by atoms with Crippen LogP contribution in [0.1, 0.15) is 33.3 Å². The summed E-state index contributed by atoms with van der Waals surface area (Å²) < 4.78 is 5.70. The maximum Gasteiger partial charge on any atom is 0.238 e. The first kappa shape index (κ1) is 17.9. The molecular weight excluding hydrogens is 318 g/mol. The highest BCUT2D eigenvalue weighted by Crippen LogP contribution is 2.34. The van der Waals surface area contributed by atoms with Crippen LogP contribution in [0.25, 0.3) is 0 Å². The van der Waals surface area contributed by atoms with Gasteiger partial charge in [0.1, 0.15) is 0 Å². The smallest absolute Gasteiger partial charge is 0.238 e. The van der Waals surface area contributed by atoms with Crippen molar-refractivity contribution in [3.05, 3.63) is 23.8 Å². The molecule has 136 valence electrons. The number of morpholine rings is 1. The van der Waals surface area contributed by atoms with Gasteiger partial charge < -0.3 is 15.0 Å². The highest BCUT2D eigenvalue weighted by atomic mass is 16.5. The number of carbonyl (C=O) groups excluding carboxylic acids is 2.